The van der Waals surface area contributed by atoms with E-state index in [1.54, 1.807) is 12.1 Å². The van der Waals surface area contributed by atoms with Crippen LogP contribution in [0.2, 0.25) is 0 Å². The van der Waals surface area contributed by atoms with Crippen molar-refractivity contribution >= 4 is 17.7 Å². The van der Waals surface area contributed by atoms with Gasteiger partial charge in [-0.15, -0.1) is 0 Å². The normalized spacial score (nSPS) is 16.5. The van der Waals surface area contributed by atoms with Crippen molar-refractivity contribution < 1.29 is 34.7 Å². The molecule has 3 aromatic carbocycles. The first-order valence-electron chi connectivity index (χ1n) is 19.7. The largest absolute Gasteiger partial charge is 0.416 e. The SMILES string of the molecule is [2H]c1c([2H])c(C([2H])([2H])N(CCN(C([2H])([2H])C)C([2H])([2H])C)C(=O)Cn2c(SCc3ccc(F)cc3)nc(=O)c3c2CCC3)c([2H])c(C)c1-c1ccc(C(F)(F)F)cc1. The molecule has 0 atom stereocenters. The minimum absolute atomic E-state index is 0.0552. The van der Waals surface area contributed by atoms with E-state index in [0.29, 0.717) is 41.0 Å². The van der Waals surface area contributed by atoms with E-state index < -0.39 is 91.8 Å². The Kier molecular flexibility index (Phi) is 8.10. The van der Waals surface area contributed by atoms with Gasteiger partial charge in [-0.2, -0.15) is 18.2 Å². The van der Waals surface area contributed by atoms with E-state index in [0.717, 1.165) is 54.8 Å². The fourth-order valence-corrected chi connectivity index (χ4v) is 6.36. The number of carbonyl (C=O) groups excluding carboxylic acids is 1. The molecular weight excluding hydrogens is 640 g/mol. The van der Waals surface area contributed by atoms with Crippen LogP contribution in [0.15, 0.2) is 76.6 Å². The van der Waals surface area contributed by atoms with Gasteiger partial charge in [0.1, 0.15) is 12.4 Å². The van der Waals surface area contributed by atoms with Crippen molar-refractivity contribution in [2.75, 3.05) is 26.1 Å². The van der Waals surface area contributed by atoms with E-state index in [4.69, 9.17) is 9.60 Å². The highest BCUT2D eigenvalue weighted by Crippen LogP contribution is 2.32. The van der Waals surface area contributed by atoms with E-state index >= 15 is 0 Å². The molecule has 0 saturated carbocycles. The maximum Gasteiger partial charge on any atom is 0.416 e. The maximum atomic E-state index is 14.6. The molecule has 0 radical (unpaired) electrons. The van der Waals surface area contributed by atoms with Crippen molar-refractivity contribution in [2.45, 2.75) is 70.2 Å². The molecule has 48 heavy (non-hydrogen) atoms. The lowest BCUT2D eigenvalue weighted by Crippen LogP contribution is -2.40. The summed E-state index contributed by atoms with van der Waals surface area (Å²) in [6.45, 7) is -6.01. The molecule has 1 heterocycles. The molecule has 1 aromatic heterocycles. The quantitative estimate of drug-likeness (QED) is 0.0826. The highest BCUT2D eigenvalue weighted by Gasteiger charge is 2.30. The summed E-state index contributed by atoms with van der Waals surface area (Å²) in [6, 6.07) is 7.33. The number of thioether (sulfide) groups is 1. The van der Waals surface area contributed by atoms with Crippen LogP contribution in [0.5, 0.6) is 0 Å². The number of carbonyl (C=O) groups is 1. The first kappa shape index (κ1) is 25.1. The molecule has 4 aromatic rings. The monoisotopic (exact) mass is 689 g/mol. The Morgan fingerprint density at radius 2 is 1.73 bits per heavy atom. The van der Waals surface area contributed by atoms with Gasteiger partial charge >= 0.3 is 6.18 Å². The van der Waals surface area contributed by atoms with Crippen LogP contribution >= 0.6 is 11.8 Å². The second-order valence-corrected chi connectivity index (χ2v) is 12.0. The van der Waals surface area contributed by atoms with Crippen molar-refractivity contribution in [1.82, 2.24) is 19.4 Å². The van der Waals surface area contributed by atoms with Crippen molar-refractivity contribution in [3.8, 4) is 11.1 Å². The van der Waals surface area contributed by atoms with Crippen LogP contribution < -0.4 is 5.56 Å². The zero-order valence-electron chi connectivity index (χ0n) is 35.6. The third kappa shape index (κ3) is 8.54. The third-order valence-corrected chi connectivity index (χ3v) is 8.96. The number of alkyl halides is 3. The van der Waals surface area contributed by atoms with Crippen LogP contribution in [0.1, 0.15) is 66.1 Å². The lowest BCUT2D eigenvalue weighted by molar-refractivity contribution is -0.137. The molecule has 0 aliphatic heterocycles. The number of benzene rings is 3. The zero-order valence-corrected chi connectivity index (χ0v) is 27.4. The Bertz CT molecular complexity index is 2170. The highest BCUT2D eigenvalue weighted by molar-refractivity contribution is 7.98. The van der Waals surface area contributed by atoms with E-state index in [2.05, 4.69) is 4.98 Å². The van der Waals surface area contributed by atoms with Crippen LogP contribution in [0.25, 0.3) is 11.1 Å². The fourth-order valence-electron chi connectivity index (χ4n) is 5.39. The molecule has 1 amide bonds. The van der Waals surface area contributed by atoms with E-state index in [1.807, 2.05) is 0 Å². The number of nitrogens with zero attached hydrogens (tertiary/aromatic N) is 4. The van der Waals surface area contributed by atoms with Gasteiger partial charge in [-0.05, 0) is 91.3 Å². The van der Waals surface area contributed by atoms with Crippen LogP contribution in [-0.2, 0) is 42.6 Å². The van der Waals surface area contributed by atoms with Gasteiger partial charge in [0, 0.05) is 42.1 Å². The van der Waals surface area contributed by atoms with Crippen molar-refractivity contribution in [3.63, 3.8) is 0 Å². The first-order chi connectivity index (χ1) is 26.3. The van der Waals surface area contributed by atoms with Gasteiger partial charge in [0.05, 0.1) is 12.4 Å². The maximum absolute atomic E-state index is 14.6. The molecular formula is C37H40F4N4O2S. The Morgan fingerprint density at radius 1 is 1.02 bits per heavy atom. The molecule has 0 unspecified atom stereocenters. The molecule has 0 N–H and O–H groups in total. The minimum Gasteiger partial charge on any atom is -0.336 e. The van der Waals surface area contributed by atoms with E-state index in [9.17, 15) is 29.9 Å². The van der Waals surface area contributed by atoms with Gasteiger partial charge in [0.2, 0.25) is 5.91 Å². The Labute approximate surface area is 295 Å². The Balaban J connectivity index is 1.61. The van der Waals surface area contributed by atoms with Crippen LogP contribution in [-0.4, -0.2) is 51.3 Å². The molecule has 254 valence electrons. The lowest BCUT2D eigenvalue weighted by Gasteiger charge is -2.28. The average Bonchev–Trinajstić information content (AvgIpc) is 3.60. The van der Waals surface area contributed by atoms with Crippen LogP contribution in [0.3, 0.4) is 0 Å². The summed E-state index contributed by atoms with van der Waals surface area (Å²) < 4.78 is 134. The average molecular weight is 690 g/mol. The number of amides is 1. The predicted molar refractivity (Wildman–Crippen MR) is 181 cm³/mol. The van der Waals surface area contributed by atoms with Gasteiger partial charge in [-0.25, -0.2) is 4.39 Å². The van der Waals surface area contributed by atoms with Crippen molar-refractivity contribution in [1.29, 1.82) is 0 Å². The fraction of sp³-hybridized carbons (Fsp3) is 0.378. The smallest absolute Gasteiger partial charge is 0.336 e. The number of likely N-dealkylation sites (N-methyl/N-ethyl adjacent to an activating group) is 1. The van der Waals surface area contributed by atoms with Crippen molar-refractivity contribution in [3.05, 3.63) is 116 Å². The number of halogens is 4. The molecule has 0 fully saturated rings. The van der Waals surface area contributed by atoms with Crippen LogP contribution in [0, 0.1) is 12.7 Å². The molecule has 1 aliphatic rings. The van der Waals surface area contributed by atoms with Crippen LogP contribution in [0.4, 0.5) is 17.6 Å². The van der Waals surface area contributed by atoms with Gasteiger partial charge in [0.25, 0.3) is 5.56 Å². The predicted octanol–water partition coefficient (Wildman–Crippen LogP) is 7.53. The van der Waals surface area contributed by atoms with Gasteiger partial charge < -0.3 is 14.4 Å². The summed E-state index contributed by atoms with van der Waals surface area (Å²) in [7, 11) is 0. The highest BCUT2D eigenvalue weighted by atomic mass is 32.2. The molecule has 5 rings (SSSR count). The molecule has 0 bridgehead atoms. The number of fused-ring (bicyclic) bond motifs is 1. The standard InChI is InChI=1S/C37H40F4N4O2S/c1-4-43(5-2)19-20-44(22-27-11-18-31(25(3)21-27)28-12-14-29(15-13-28)37(39,40)41)34(46)23-45-33-8-6-7-32(33)35(47)42-36(45)48-24-26-9-16-30(38)17-10-26/h9-18,21H,4-8,19-20,22-24H2,1-3H3/i4D2,5D2,11D,18D,21D,22D2. The van der Waals surface area contributed by atoms with Gasteiger partial charge in [0.15, 0.2) is 5.16 Å². The third-order valence-electron chi connectivity index (χ3n) is 7.91. The van der Waals surface area contributed by atoms with Gasteiger partial charge in [-0.3, -0.25) is 9.59 Å². The number of hydrogen-bond donors (Lipinski definition) is 0. The molecule has 0 spiro atoms. The minimum atomic E-state index is -4.65. The zero-order chi connectivity index (χ0) is 42.4. The Hall–Kier alpha value is -3.96. The van der Waals surface area contributed by atoms with Crippen molar-refractivity contribution in [2.24, 2.45) is 0 Å². The second-order valence-electron chi connectivity index (χ2n) is 11.1. The summed E-state index contributed by atoms with van der Waals surface area (Å²) in [4.78, 5) is 33.4. The summed E-state index contributed by atoms with van der Waals surface area (Å²) in [5.41, 5.74) is -0.677. The Morgan fingerprint density at radius 3 is 2.40 bits per heavy atom. The molecule has 11 heteroatoms. The summed E-state index contributed by atoms with van der Waals surface area (Å²) >= 11 is 1.09. The molecule has 1 aliphatic carbocycles. The number of rotatable bonds is 13. The molecule has 6 nitrogen and oxygen atoms in total. The lowest BCUT2D eigenvalue weighted by atomic mass is 9.97. The van der Waals surface area contributed by atoms with E-state index in [1.165, 1.54) is 23.6 Å². The van der Waals surface area contributed by atoms with Gasteiger partial charge in [-0.1, -0.05) is 68.0 Å². The molecule has 0 saturated heterocycles. The topological polar surface area (TPSA) is 58.4 Å². The van der Waals surface area contributed by atoms with E-state index in [-0.39, 0.29) is 27.6 Å². The second kappa shape index (κ2) is 15.5. The summed E-state index contributed by atoms with van der Waals surface area (Å²) in [5, 5.41) is 0.114. The first-order valence-corrected chi connectivity index (χ1v) is 16.2. The summed E-state index contributed by atoms with van der Waals surface area (Å²) in [6.07, 6.45) is -3.30. The summed E-state index contributed by atoms with van der Waals surface area (Å²) in [5.74, 6) is -1.19. The number of hydrogen-bond acceptors (Lipinski definition) is 5. The number of aromatic nitrogens is 2.